The zero-order chi connectivity index (χ0) is 14.0. The molecule has 100 valence electrons. The Bertz CT molecular complexity index is 576. The topological polar surface area (TPSA) is 32.3 Å². The molecule has 0 unspecified atom stereocenters. The first-order valence-electron chi connectivity index (χ1n) is 5.32. The summed E-state index contributed by atoms with van der Waals surface area (Å²) in [6, 6.07) is 7.81. The van der Waals surface area contributed by atoms with E-state index in [0.29, 0.717) is 12.1 Å². The Morgan fingerprint density at radius 3 is 2.21 bits per heavy atom. The molecule has 0 amide bonds. The Morgan fingerprint density at radius 2 is 1.63 bits per heavy atom. The zero-order valence-electron chi connectivity index (χ0n) is 9.55. The van der Waals surface area contributed by atoms with Gasteiger partial charge in [-0.1, -0.05) is 15.9 Å². The molecule has 0 fully saturated rings. The van der Waals surface area contributed by atoms with Crippen molar-refractivity contribution < 1.29 is 9.50 Å². The van der Waals surface area contributed by atoms with Gasteiger partial charge in [0.15, 0.2) is 0 Å². The summed E-state index contributed by atoms with van der Waals surface area (Å²) in [6.45, 7) is 0.407. The van der Waals surface area contributed by atoms with Crippen molar-refractivity contribution in [1.29, 1.82) is 0 Å². The minimum atomic E-state index is -0.453. The molecule has 6 heteroatoms. The first-order chi connectivity index (χ1) is 8.95. The fourth-order valence-corrected chi connectivity index (χ4v) is 4.18. The second-order valence-electron chi connectivity index (χ2n) is 3.92. The van der Waals surface area contributed by atoms with Crippen LogP contribution in [0.5, 0.6) is 5.75 Å². The lowest BCUT2D eigenvalue weighted by Crippen LogP contribution is -2.01. The number of anilines is 1. The van der Waals surface area contributed by atoms with E-state index in [4.69, 9.17) is 0 Å². The predicted octanol–water partition coefficient (Wildman–Crippen LogP) is 5.43. The normalized spacial score (nSPS) is 10.5. The van der Waals surface area contributed by atoms with Crippen LogP contribution in [0.3, 0.4) is 0 Å². The van der Waals surface area contributed by atoms with Crippen molar-refractivity contribution in [2.45, 2.75) is 6.54 Å². The number of phenolic OH excluding ortho intramolecular Hbond substituents is 1. The van der Waals surface area contributed by atoms with Crippen LogP contribution < -0.4 is 5.32 Å². The van der Waals surface area contributed by atoms with Gasteiger partial charge in [-0.3, -0.25) is 0 Å². The van der Waals surface area contributed by atoms with Crippen LogP contribution in [-0.4, -0.2) is 5.11 Å². The number of rotatable bonds is 3. The van der Waals surface area contributed by atoms with Crippen molar-refractivity contribution in [3.05, 3.63) is 55.1 Å². The Hall–Kier alpha value is -0.590. The summed E-state index contributed by atoms with van der Waals surface area (Å²) in [4.78, 5) is 0. The standard InChI is InChI=1S/C13H9Br3FNO/c14-8-3-11(15)13(12(16)4-8)18-6-7-1-9(17)5-10(19)2-7/h1-5,18-19H,6H2. The molecule has 2 N–H and O–H groups in total. The smallest absolute Gasteiger partial charge is 0.127 e. The van der Waals surface area contributed by atoms with Gasteiger partial charge in [0.1, 0.15) is 11.6 Å². The summed E-state index contributed by atoms with van der Waals surface area (Å²) in [5.74, 6) is -0.531. The van der Waals surface area contributed by atoms with Gasteiger partial charge in [-0.25, -0.2) is 4.39 Å². The molecule has 0 saturated carbocycles. The second kappa shape index (κ2) is 6.24. The van der Waals surface area contributed by atoms with Crippen LogP contribution in [-0.2, 0) is 6.54 Å². The molecule has 2 rings (SSSR count). The molecule has 2 nitrogen and oxygen atoms in total. The van der Waals surface area contributed by atoms with E-state index in [1.165, 1.54) is 12.1 Å². The maximum Gasteiger partial charge on any atom is 0.127 e. The quantitative estimate of drug-likeness (QED) is 0.649. The minimum absolute atomic E-state index is 0.0780. The number of halogens is 4. The van der Waals surface area contributed by atoms with Gasteiger partial charge >= 0.3 is 0 Å². The molecule has 0 aliphatic carbocycles. The van der Waals surface area contributed by atoms with Gasteiger partial charge in [0.2, 0.25) is 0 Å². The summed E-state index contributed by atoms with van der Waals surface area (Å²) in [5, 5.41) is 12.5. The Labute approximate surface area is 135 Å². The summed E-state index contributed by atoms with van der Waals surface area (Å²) < 4.78 is 15.9. The van der Waals surface area contributed by atoms with Crippen LogP contribution in [0.25, 0.3) is 0 Å². The average molecular weight is 454 g/mol. The van der Waals surface area contributed by atoms with Crippen LogP contribution in [0.1, 0.15) is 5.56 Å². The third-order valence-corrected chi connectivity index (χ3v) is 4.13. The molecule has 0 saturated heterocycles. The van der Waals surface area contributed by atoms with Crippen molar-refractivity contribution in [1.82, 2.24) is 0 Å². The molecule has 19 heavy (non-hydrogen) atoms. The second-order valence-corrected chi connectivity index (χ2v) is 6.54. The van der Waals surface area contributed by atoms with E-state index in [9.17, 15) is 9.50 Å². The van der Waals surface area contributed by atoms with Gasteiger partial charge in [-0.15, -0.1) is 0 Å². The van der Waals surface area contributed by atoms with Crippen LogP contribution >= 0.6 is 47.8 Å². The zero-order valence-corrected chi connectivity index (χ0v) is 14.3. The Balaban J connectivity index is 2.19. The minimum Gasteiger partial charge on any atom is -0.508 e. The first-order valence-corrected chi connectivity index (χ1v) is 7.70. The summed E-state index contributed by atoms with van der Waals surface area (Å²) in [7, 11) is 0. The van der Waals surface area contributed by atoms with E-state index in [-0.39, 0.29) is 5.75 Å². The third-order valence-electron chi connectivity index (χ3n) is 2.42. The summed E-state index contributed by atoms with van der Waals surface area (Å²) in [6.07, 6.45) is 0. The van der Waals surface area contributed by atoms with E-state index in [0.717, 1.165) is 25.2 Å². The largest absolute Gasteiger partial charge is 0.508 e. The van der Waals surface area contributed by atoms with Crippen LogP contribution in [0.2, 0.25) is 0 Å². The van der Waals surface area contributed by atoms with Gasteiger partial charge in [-0.2, -0.15) is 0 Å². The maximum absolute atomic E-state index is 13.2. The lowest BCUT2D eigenvalue weighted by atomic mass is 10.2. The number of hydrogen-bond donors (Lipinski definition) is 2. The van der Waals surface area contributed by atoms with Gasteiger partial charge in [0.05, 0.1) is 5.69 Å². The van der Waals surface area contributed by atoms with E-state index in [1.54, 1.807) is 0 Å². The monoisotopic (exact) mass is 451 g/mol. The number of phenols is 1. The van der Waals surface area contributed by atoms with Gasteiger partial charge in [0, 0.05) is 26.0 Å². The van der Waals surface area contributed by atoms with Crippen molar-refractivity contribution in [2.24, 2.45) is 0 Å². The molecular weight excluding hydrogens is 445 g/mol. The highest BCUT2D eigenvalue weighted by atomic mass is 79.9. The fourth-order valence-electron chi connectivity index (χ4n) is 1.64. The molecular formula is C13H9Br3FNO. The number of aromatic hydroxyl groups is 1. The predicted molar refractivity (Wildman–Crippen MR) is 84.9 cm³/mol. The molecule has 0 aliphatic heterocycles. The van der Waals surface area contributed by atoms with Crippen molar-refractivity contribution >= 4 is 53.5 Å². The summed E-state index contributed by atoms with van der Waals surface area (Å²) in [5.41, 5.74) is 1.53. The third kappa shape index (κ3) is 3.94. The van der Waals surface area contributed by atoms with Gasteiger partial charge < -0.3 is 10.4 Å². The van der Waals surface area contributed by atoms with E-state index >= 15 is 0 Å². The van der Waals surface area contributed by atoms with Crippen LogP contribution in [0.4, 0.5) is 10.1 Å². The van der Waals surface area contributed by atoms with Crippen LogP contribution in [0.15, 0.2) is 43.7 Å². The molecule has 0 atom stereocenters. The molecule has 0 bridgehead atoms. The van der Waals surface area contributed by atoms with Crippen molar-refractivity contribution in [3.63, 3.8) is 0 Å². The maximum atomic E-state index is 13.2. The van der Waals surface area contributed by atoms with Crippen molar-refractivity contribution in [2.75, 3.05) is 5.32 Å². The Morgan fingerprint density at radius 1 is 1.00 bits per heavy atom. The lowest BCUT2D eigenvalue weighted by Gasteiger charge is -2.12. The number of nitrogens with one attached hydrogen (secondary N) is 1. The molecule has 0 aromatic heterocycles. The van der Waals surface area contributed by atoms with Gasteiger partial charge in [-0.05, 0) is 61.7 Å². The first kappa shape index (κ1) is 14.8. The molecule has 0 spiro atoms. The highest BCUT2D eigenvalue weighted by Crippen LogP contribution is 2.34. The van der Waals surface area contributed by atoms with E-state index in [2.05, 4.69) is 53.1 Å². The average Bonchev–Trinajstić information content (AvgIpc) is 2.25. The molecule has 0 aliphatic rings. The fraction of sp³-hybridized carbons (Fsp3) is 0.0769. The molecule has 2 aromatic rings. The van der Waals surface area contributed by atoms with Gasteiger partial charge in [0.25, 0.3) is 0 Å². The molecule has 0 heterocycles. The van der Waals surface area contributed by atoms with Crippen LogP contribution in [0, 0.1) is 5.82 Å². The SMILES string of the molecule is Oc1cc(F)cc(CNc2c(Br)cc(Br)cc2Br)c1. The molecule has 0 radical (unpaired) electrons. The van der Waals surface area contributed by atoms with E-state index in [1.807, 2.05) is 12.1 Å². The highest BCUT2D eigenvalue weighted by molar-refractivity contribution is 9.11. The summed E-state index contributed by atoms with van der Waals surface area (Å²) >= 11 is 10.3. The molecule has 2 aromatic carbocycles. The number of hydrogen-bond acceptors (Lipinski definition) is 2. The lowest BCUT2D eigenvalue weighted by molar-refractivity contribution is 0.468. The number of benzene rings is 2. The van der Waals surface area contributed by atoms with Crippen molar-refractivity contribution in [3.8, 4) is 5.75 Å². The van der Waals surface area contributed by atoms with E-state index < -0.39 is 5.82 Å². The Kier molecular flexibility index (Phi) is 4.86. The highest BCUT2D eigenvalue weighted by Gasteiger charge is 2.07.